The van der Waals surface area contributed by atoms with Crippen molar-refractivity contribution in [1.82, 2.24) is 14.9 Å². The lowest BCUT2D eigenvalue weighted by Crippen LogP contribution is -2.57. The molecule has 1 aromatic rings. The van der Waals surface area contributed by atoms with Crippen LogP contribution in [0.4, 0.5) is 5.95 Å². The van der Waals surface area contributed by atoms with E-state index in [1.807, 2.05) is 14.0 Å². The summed E-state index contributed by atoms with van der Waals surface area (Å²) in [5.74, 6) is 0.624. The first kappa shape index (κ1) is 14.7. The van der Waals surface area contributed by atoms with E-state index in [9.17, 15) is 0 Å². The Bertz CT molecular complexity index is 506. The molecule has 0 aromatic carbocycles. The molecule has 110 valence electrons. The smallest absolute Gasteiger partial charge is 0.226 e. The van der Waals surface area contributed by atoms with Gasteiger partial charge in [0.05, 0.1) is 0 Å². The standard InChI is InChI=1S/C14H24N6/c1-10-8-11(12(15)16)18-13(17-10)20(4)9-14(19(2)3)6-5-7-14/h8H,5-7,9H2,1-4H3,(H3,15,16). The van der Waals surface area contributed by atoms with Crippen LogP contribution in [0.15, 0.2) is 6.07 Å². The third-order valence-electron chi connectivity index (χ3n) is 4.22. The van der Waals surface area contributed by atoms with Crippen LogP contribution in [0, 0.1) is 12.3 Å². The SMILES string of the molecule is Cc1cc(C(=N)N)nc(N(C)CC2(N(C)C)CCC2)n1. The second kappa shape index (κ2) is 5.36. The van der Waals surface area contributed by atoms with Crippen LogP contribution in [0.1, 0.15) is 30.7 Å². The Morgan fingerprint density at radius 2 is 2.00 bits per heavy atom. The summed E-state index contributed by atoms with van der Waals surface area (Å²) < 4.78 is 0. The Balaban J connectivity index is 2.21. The molecule has 1 aromatic heterocycles. The van der Waals surface area contributed by atoms with Crippen molar-refractivity contribution < 1.29 is 0 Å². The molecule has 1 saturated carbocycles. The average molecular weight is 276 g/mol. The predicted octanol–water partition coefficient (Wildman–Crippen LogP) is 0.990. The molecule has 0 unspecified atom stereocenters. The summed E-state index contributed by atoms with van der Waals surface area (Å²) >= 11 is 0. The van der Waals surface area contributed by atoms with Crippen molar-refractivity contribution in [2.75, 3.05) is 32.6 Å². The Kier molecular flexibility index (Phi) is 3.94. The molecule has 3 N–H and O–H groups in total. The molecule has 0 bridgehead atoms. The molecule has 2 rings (SSSR count). The van der Waals surface area contributed by atoms with Gasteiger partial charge in [0.2, 0.25) is 5.95 Å². The number of rotatable bonds is 5. The minimum Gasteiger partial charge on any atom is -0.382 e. The van der Waals surface area contributed by atoms with E-state index in [-0.39, 0.29) is 11.4 Å². The maximum atomic E-state index is 7.53. The number of nitrogens with zero attached hydrogens (tertiary/aromatic N) is 4. The van der Waals surface area contributed by atoms with Gasteiger partial charge in [0.25, 0.3) is 0 Å². The second-order valence-electron chi connectivity index (χ2n) is 5.94. The number of anilines is 1. The Labute approximate surface area is 120 Å². The molecule has 1 aliphatic rings. The van der Waals surface area contributed by atoms with Crippen LogP contribution in [-0.2, 0) is 0 Å². The van der Waals surface area contributed by atoms with E-state index in [1.165, 1.54) is 19.3 Å². The van der Waals surface area contributed by atoms with Gasteiger partial charge in [-0.25, -0.2) is 9.97 Å². The Morgan fingerprint density at radius 3 is 2.45 bits per heavy atom. The second-order valence-corrected chi connectivity index (χ2v) is 5.94. The van der Waals surface area contributed by atoms with Gasteiger partial charge in [0.15, 0.2) is 0 Å². The van der Waals surface area contributed by atoms with Gasteiger partial charge in [-0.05, 0) is 46.3 Å². The van der Waals surface area contributed by atoms with Crippen LogP contribution in [0.3, 0.4) is 0 Å². The van der Waals surface area contributed by atoms with E-state index in [4.69, 9.17) is 11.1 Å². The fraction of sp³-hybridized carbons (Fsp3) is 0.643. The number of aromatic nitrogens is 2. The molecule has 1 aliphatic carbocycles. The zero-order valence-corrected chi connectivity index (χ0v) is 12.8. The van der Waals surface area contributed by atoms with E-state index in [0.29, 0.717) is 11.6 Å². The number of aryl methyl sites for hydroxylation is 1. The number of likely N-dealkylation sites (N-methyl/N-ethyl adjacent to an activating group) is 2. The molecule has 6 nitrogen and oxygen atoms in total. The molecule has 0 amide bonds. The maximum absolute atomic E-state index is 7.53. The fourth-order valence-corrected chi connectivity index (χ4v) is 2.71. The number of amidine groups is 1. The van der Waals surface area contributed by atoms with E-state index < -0.39 is 0 Å². The number of nitrogens with one attached hydrogen (secondary N) is 1. The molecular weight excluding hydrogens is 252 g/mol. The fourth-order valence-electron chi connectivity index (χ4n) is 2.71. The molecule has 1 fully saturated rings. The monoisotopic (exact) mass is 276 g/mol. The van der Waals surface area contributed by atoms with Crippen molar-refractivity contribution in [2.45, 2.75) is 31.7 Å². The first-order valence-electron chi connectivity index (χ1n) is 6.93. The van der Waals surface area contributed by atoms with Gasteiger partial charge >= 0.3 is 0 Å². The van der Waals surface area contributed by atoms with Crippen molar-refractivity contribution in [3.63, 3.8) is 0 Å². The van der Waals surface area contributed by atoms with Crippen LogP contribution in [-0.4, -0.2) is 53.9 Å². The molecule has 0 radical (unpaired) electrons. The van der Waals surface area contributed by atoms with Crippen molar-refractivity contribution in [1.29, 1.82) is 5.41 Å². The highest BCUT2D eigenvalue weighted by molar-refractivity contribution is 5.93. The largest absolute Gasteiger partial charge is 0.382 e. The topological polar surface area (TPSA) is 82.1 Å². The van der Waals surface area contributed by atoms with Crippen molar-refractivity contribution in [2.24, 2.45) is 5.73 Å². The van der Waals surface area contributed by atoms with Gasteiger partial charge in [-0.15, -0.1) is 0 Å². The molecular formula is C14H24N6. The minimum atomic E-state index is -0.0175. The van der Waals surface area contributed by atoms with Gasteiger partial charge in [0.1, 0.15) is 11.5 Å². The lowest BCUT2D eigenvalue weighted by molar-refractivity contribution is 0.0680. The first-order chi connectivity index (χ1) is 9.34. The lowest BCUT2D eigenvalue weighted by atomic mass is 9.75. The average Bonchev–Trinajstić information content (AvgIpc) is 2.32. The van der Waals surface area contributed by atoms with Gasteiger partial charge in [0, 0.05) is 24.8 Å². The van der Waals surface area contributed by atoms with Crippen LogP contribution in [0.25, 0.3) is 0 Å². The van der Waals surface area contributed by atoms with Crippen LogP contribution < -0.4 is 10.6 Å². The lowest BCUT2D eigenvalue weighted by Gasteiger charge is -2.49. The van der Waals surface area contributed by atoms with Gasteiger partial charge < -0.3 is 15.5 Å². The van der Waals surface area contributed by atoms with Crippen LogP contribution >= 0.6 is 0 Å². The molecule has 0 spiro atoms. The quantitative estimate of drug-likeness (QED) is 0.619. The zero-order chi connectivity index (χ0) is 14.9. The predicted molar refractivity (Wildman–Crippen MR) is 81.3 cm³/mol. The van der Waals surface area contributed by atoms with E-state index >= 15 is 0 Å². The summed E-state index contributed by atoms with van der Waals surface area (Å²) in [4.78, 5) is 13.2. The third-order valence-corrected chi connectivity index (χ3v) is 4.22. The number of nitrogen functional groups attached to an aromatic ring is 1. The molecule has 6 heteroatoms. The highest BCUT2D eigenvalue weighted by atomic mass is 15.3. The van der Waals surface area contributed by atoms with Crippen LogP contribution in [0.2, 0.25) is 0 Å². The molecule has 0 aliphatic heterocycles. The van der Waals surface area contributed by atoms with Crippen molar-refractivity contribution >= 4 is 11.8 Å². The highest BCUT2D eigenvalue weighted by Crippen LogP contribution is 2.37. The highest BCUT2D eigenvalue weighted by Gasteiger charge is 2.40. The summed E-state index contributed by atoms with van der Waals surface area (Å²) in [6, 6.07) is 1.74. The van der Waals surface area contributed by atoms with E-state index in [0.717, 1.165) is 12.2 Å². The molecule has 0 atom stereocenters. The van der Waals surface area contributed by atoms with Crippen molar-refractivity contribution in [3.05, 3.63) is 17.5 Å². The van der Waals surface area contributed by atoms with E-state index in [1.54, 1.807) is 6.07 Å². The third kappa shape index (κ3) is 2.75. The van der Waals surface area contributed by atoms with Gasteiger partial charge in [-0.3, -0.25) is 5.41 Å². The minimum absolute atomic E-state index is 0.0175. The summed E-state index contributed by atoms with van der Waals surface area (Å²) in [6.07, 6.45) is 3.69. The Hall–Kier alpha value is -1.69. The normalized spacial score (nSPS) is 16.9. The zero-order valence-electron chi connectivity index (χ0n) is 12.8. The summed E-state index contributed by atoms with van der Waals surface area (Å²) in [5, 5.41) is 7.53. The maximum Gasteiger partial charge on any atom is 0.226 e. The first-order valence-corrected chi connectivity index (χ1v) is 6.93. The number of nitrogens with two attached hydrogens (primary N) is 1. The van der Waals surface area contributed by atoms with Gasteiger partial charge in [-0.1, -0.05) is 0 Å². The summed E-state index contributed by atoms with van der Waals surface area (Å²) in [7, 11) is 6.26. The summed E-state index contributed by atoms with van der Waals surface area (Å²) in [5.41, 5.74) is 7.08. The van der Waals surface area contributed by atoms with Crippen molar-refractivity contribution in [3.8, 4) is 0 Å². The van der Waals surface area contributed by atoms with E-state index in [2.05, 4.69) is 33.9 Å². The molecule has 1 heterocycles. The number of hydrogen-bond acceptors (Lipinski definition) is 5. The van der Waals surface area contributed by atoms with Crippen LogP contribution in [0.5, 0.6) is 0 Å². The number of hydrogen-bond donors (Lipinski definition) is 2. The molecule has 0 saturated heterocycles. The van der Waals surface area contributed by atoms with Gasteiger partial charge in [-0.2, -0.15) is 0 Å². The molecule has 20 heavy (non-hydrogen) atoms. The summed E-state index contributed by atoms with van der Waals surface area (Å²) in [6.45, 7) is 2.79. The Morgan fingerprint density at radius 1 is 1.35 bits per heavy atom.